The van der Waals surface area contributed by atoms with Gasteiger partial charge in [-0.3, -0.25) is 4.90 Å². The maximum absolute atomic E-state index is 5.97. The Kier molecular flexibility index (Phi) is 5.58. The molecule has 3 nitrogen and oxygen atoms in total. The Bertz CT molecular complexity index is 429. The Morgan fingerprint density at radius 2 is 2.05 bits per heavy atom. The van der Waals surface area contributed by atoms with Gasteiger partial charge >= 0.3 is 0 Å². The van der Waals surface area contributed by atoms with Gasteiger partial charge in [-0.25, -0.2) is 0 Å². The summed E-state index contributed by atoms with van der Waals surface area (Å²) in [6, 6.07) is 6.92. The lowest BCUT2D eigenvalue weighted by Crippen LogP contribution is -2.33. The third-order valence-corrected chi connectivity index (χ3v) is 4.31. The molecule has 1 atom stereocenters. The van der Waals surface area contributed by atoms with Gasteiger partial charge in [0, 0.05) is 25.7 Å². The zero-order valence-electron chi connectivity index (χ0n) is 13.1. The Labute approximate surface area is 123 Å². The molecular formula is C17H28N2O. The van der Waals surface area contributed by atoms with Crippen molar-refractivity contribution in [3.8, 4) is 0 Å². The van der Waals surface area contributed by atoms with E-state index in [0.29, 0.717) is 6.54 Å². The minimum absolute atomic E-state index is 0.277. The lowest BCUT2D eigenvalue weighted by atomic mass is 10.0. The largest absolute Gasteiger partial charge is 0.380 e. The Hall–Kier alpha value is -0.900. The van der Waals surface area contributed by atoms with Crippen molar-refractivity contribution in [2.75, 3.05) is 33.4 Å². The predicted molar refractivity (Wildman–Crippen MR) is 83.9 cm³/mol. The normalized spacial score (nSPS) is 16.6. The molecule has 0 aliphatic heterocycles. The van der Waals surface area contributed by atoms with E-state index in [1.165, 1.54) is 29.5 Å². The van der Waals surface area contributed by atoms with Crippen LogP contribution in [0.25, 0.3) is 0 Å². The Balaban J connectivity index is 1.86. The molecule has 0 amide bonds. The summed E-state index contributed by atoms with van der Waals surface area (Å²) in [6.45, 7) is 7.61. The van der Waals surface area contributed by atoms with E-state index >= 15 is 0 Å². The van der Waals surface area contributed by atoms with E-state index in [1.54, 1.807) is 0 Å². The molecule has 0 spiro atoms. The van der Waals surface area contributed by atoms with Gasteiger partial charge in [-0.2, -0.15) is 0 Å². The van der Waals surface area contributed by atoms with Gasteiger partial charge in [-0.05, 0) is 56.3 Å². The molecule has 1 aliphatic carbocycles. The lowest BCUT2D eigenvalue weighted by molar-refractivity contribution is 0.0922. The molecule has 112 valence electrons. The maximum atomic E-state index is 5.97. The number of hydrogen-bond donors (Lipinski definition) is 1. The maximum Gasteiger partial charge on any atom is 0.0593 e. The van der Waals surface area contributed by atoms with Crippen LogP contribution in [0.2, 0.25) is 0 Å². The second kappa shape index (κ2) is 7.21. The highest BCUT2D eigenvalue weighted by atomic mass is 16.5. The van der Waals surface area contributed by atoms with Crippen molar-refractivity contribution in [2.45, 2.75) is 32.7 Å². The highest BCUT2D eigenvalue weighted by molar-refractivity contribution is 5.31. The van der Waals surface area contributed by atoms with Gasteiger partial charge in [-0.1, -0.05) is 18.2 Å². The number of hydrogen-bond acceptors (Lipinski definition) is 3. The van der Waals surface area contributed by atoms with Crippen molar-refractivity contribution < 1.29 is 4.74 Å². The second-order valence-electron chi connectivity index (χ2n) is 6.09. The molecule has 20 heavy (non-hydrogen) atoms. The van der Waals surface area contributed by atoms with Crippen molar-refractivity contribution in [2.24, 2.45) is 11.7 Å². The van der Waals surface area contributed by atoms with Gasteiger partial charge in [0.1, 0.15) is 0 Å². The quantitative estimate of drug-likeness (QED) is 0.742. The standard InChI is InChI=1S/C17H28N2O/c1-13-4-7-16(10-14(13)2)17(11-18)19(3)8-9-20-12-15-5-6-15/h4,7,10,15,17H,5-6,8-9,11-12,18H2,1-3H3. The van der Waals surface area contributed by atoms with Crippen LogP contribution in [0, 0.1) is 19.8 Å². The van der Waals surface area contributed by atoms with Crippen molar-refractivity contribution in [1.29, 1.82) is 0 Å². The molecule has 0 aromatic heterocycles. The van der Waals surface area contributed by atoms with Crippen molar-refractivity contribution in [3.05, 3.63) is 34.9 Å². The van der Waals surface area contributed by atoms with Gasteiger partial charge in [0.2, 0.25) is 0 Å². The molecule has 3 heteroatoms. The van der Waals surface area contributed by atoms with Crippen LogP contribution in [-0.4, -0.2) is 38.3 Å². The van der Waals surface area contributed by atoms with Crippen LogP contribution in [0.3, 0.4) is 0 Å². The summed E-state index contributed by atoms with van der Waals surface area (Å²) in [5, 5.41) is 0. The minimum atomic E-state index is 0.277. The topological polar surface area (TPSA) is 38.5 Å². The molecule has 0 saturated heterocycles. The number of benzene rings is 1. The number of aryl methyl sites for hydroxylation is 2. The minimum Gasteiger partial charge on any atom is -0.380 e. The number of nitrogens with two attached hydrogens (primary N) is 1. The first-order valence-corrected chi connectivity index (χ1v) is 7.67. The molecule has 1 saturated carbocycles. The molecule has 1 aliphatic rings. The van der Waals surface area contributed by atoms with Crippen LogP contribution in [0.4, 0.5) is 0 Å². The zero-order valence-corrected chi connectivity index (χ0v) is 13.1. The molecule has 0 radical (unpaired) electrons. The van der Waals surface area contributed by atoms with E-state index in [4.69, 9.17) is 10.5 Å². The van der Waals surface area contributed by atoms with E-state index in [0.717, 1.165) is 25.7 Å². The average molecular weight is 276 g/mol. The summed E-state index contributed by atoms with van der Waals surface area (Å²) >= 11 is 0. The fourth-order valence-electron chi connectivity index (χ4n) is 2.44. The molecular weight excluding hydrogens is 248 g/mol. The van der Waals surface area contributed by atoms with Gasteiger partial charge in [0.15, 0.2) is 0 Å². The summed E-state index contributed by atoms with van der Waals surface area (Å²) in [5.41, 5.74) is 9.95. The molecule has 1 unspecified atom stereocenters. The highest BCUT2D eigenvalue weighted by Crippen LogP contribution is 2.28. The second-order valence-corrected chi connectivity index (χ2v) is 6.09. The Morgan fingerprint density at radius 1 is 1.30 bits per heavy atom. The van der Waals surface area contributed by atoms with Gasteiger partial charge in [-0.15, -0.1) is 0 Å². The van der Waals surface area contributed by atoms with Crippen LogP contribution in [0.15, 0.2) is 18.2 Å². The number of nitrogens with zero attached hydrogens (tertiary/aromatic N) is 1. The first kappa shape index (κ1) is 15.5. The monoisotopic (exact) mass is 276 g/mol. The van der Waals surface area contributed by atoms with E-state index in [-0.39, 0.29) is 6.04 Å². The summed E-state index contributed by atoms with van der Waals surface area (Å²) in [5.74, 6) is 0.838. The van der Waals surface area contributed by atoms with E-state index < -0.39 is 0 Å². The summed E-state index contributed by atoms with van der Waals surface area (Å²) in [7, 11) is 2.13. The SMILES string of the molecule is Cc1ccc(C(CN)N(C)CCOCC2CC2)cc1C. The summed E-state index contributed by atoms with van der Waals surface area (Å²) < 4.78 is 5.72. The van der Waals surface area contributed by atoms with Crippen LogP contribution in [-0.2, 0) is 4.74 Å². The molecule has 1 fully saturated rings. The van der Waals surface area contributed by atoms with Gasteiger partial charge in [0.05, 0.1) is 6.61 Å². The van der Waals surface area contributed by atoms with E-state index in [2.05, 4.69) is 44.0 Å². The third kappa shape index (κ3) is 4.30. The van der Waals surface area contributed by atoms with Crippen LogP contribution < -0.4 is 5.73 Å². The molecule has 1 aromatic rings. The number of likely N-dealkylation sites (N-methyl/N-ethyl adjacent to an activating group) is 1. The van der Waals surface area contributed by atoms with Crippen molar-refractivity contribution >= 4 is 0 Å². The molecule has 1 aromatic carbocycles. The number of rotatable bonds is 8. The molecule has 0 bridgehead atoms. The zero-order chi connectivity index (χ0) is 14.5. The number of ether oxygens (including phenoxy) is 1. The average Bonchev–Trinajstić information content (AvgIpc) is 3.24. The Morgan fingerprint density at radius 3 is 2.65 bits per heavy atom. The van der Waals surface area contributed by atoms with Gasteiger partial charge in [0.25, 0.3) is 0 Å². The van der Waals surface area contributed by atoms with Crippen LogP contribution >= 0.6 is 0 Å². The highest BCUT2D eigenvalue weighted by Gasteiger charge is 2.21. The van der Waals surface area contributed by atoms with Gasteiger partial charge < -0.3 is 10.5 Å². The van der Waals surface area contributed by atoms with Crippen molar-refractivity contribution in [3.63, 3.8) is 0 Å². The first-order valence-electron chi connectivity index (χ1n) is 7.67. The fourth-order valence-corrected chi connectivity index (χ4v) is 2.44. The lowest BCUT2D eigenvalue weighted by Gasteiger charge is -2.27. The smallest absolute Gasteiger partial charge is 0.0593 e. The third-order valence-electron chi connectivity index (χ3n) is 4.31. The first-order chi connectivity index (χ1) is 9.61. The summed E-state index contributed by atoms with van der Waals surface area (Å²) in [4.78, 5) is 2.30. The van der Waals surface area contributed by atoms with E-state index in [1.807, 2.05) is 0 Å². The summed E-state index contributed by atoms with van der Waals surface area (Å²) in [6.07, 6.45) is 2.70. The van der Waals surface area contributed by atoms with Crippen LogP contribution in [0.5, 0.6) is 0 Å². The van der Waals surface area contributed by atoms with Crippen LogP contribution in [0.1, 0.15) is 35.6 Å². The molecule has 2 N–H and O–H groups in total. The predicted octanol–water partition coefficient (Wildman–Crippen LogP) is 2.66. The fraction of sp³-hybridized carbons (Fsp3) is 0.647. The van der Waals surface area contributed by atoms with E-state index in [9.17, 15) is 0 Å². The molecule has 2 rings (SSSR count). The molecule has 0 heterocycles. The van der Waals surface area contributed by atoms with Crippen molar-refractivity contribution in [1.82, 2.24) is 4.90 Å².